The molecule has 0 unspecified atom stereocenters. The summed E-state index contributed by atoms with van der Waals surface area (Å²) in [5, 5.41) is 24.6. The molecule has 0 amide bonds. The maximum atomic E-state index is 11.1. The van der Waals surface area contributed by atoms with Crippen LogP contribution in [0.2, 0.25) is 0 Å². The highest BCUT2D eigenvalue weighted by atomic mass is 16.4. The largest absolute Gasteiger partial charge is 0.478 e. The first-order chi connectivity index (χ1) is 13.5. The number of hydrogen-bond donors (Lipinski definition) is 4. The van der Waals surface area contributed by atoms with Crippen LogP contribution in [0.15, 0.2) is 72.8 Å². The molecular formula is C22H20N2O4. The fourth-order valence-corrected chi connectivity index (χ4v) is 2.78. The highest BCUT2D eigenvalue weighted by Gasteiger charge is 2.05. The SMILES string of the molecule is O=C(O)c1cccc(NCc2cccc(CNc3cccc(C(=O)O)c3)c2)c1. The van der Waals surface area contributed by atoms with Crippen LogP contribution in [0.25, 0.3) is 0 Å². The van der Waals surface area contributed by atoms with Crippen molar-refractivity contribution in [2.75, 3.05) is 10.6 Å². The third-order valence-electron chi connectivity index (χ3n) is 4.20. The van der Waals surface area contributed by atoms with E-state index in [2.05, 4.69) is 10.6 Å². The summed E-state index contributed by atoms with van der Waals surface area (Å²) in [5.74, 6) is -1.91. The van der Waals surface area contributed by atoms with E-state index in [0.29, 0.717) is 13.1 Å². The Bertz CT molecular complexity index is 924. The summed E-state index contributed by atoms with van der Waals surface area (Å²) in [5.41, 5.74) is 4.08. The minimum atomic E-state index is -0.955. The molecule has 0 fully saturated rings. The zero-order valence-corrected chi connectivity index (χ0v) is 15.1. The van der Waals surface area contributed by atoms with Crippen molar-refractivity contribution in [1.29, 1.82) is 0 Å². The van der Waals surface area contributed by atoms with Gasteiger partial charge in [0.05, 0.1) is 11.1 Å². The lowest BCUT2D eigenvalue weighted by Gasteiger charge is -2.11. The van der Waals surface area contributed by atoms with Gasteiger partial charge in [-0.1, -0.05) is 36.4 Å². The van der Waals surface area contributed by atoms with E-state index in [9.17, 15) is 9.59 Å². The first-order valence-corrected chi connectivity index (χ1v) is 8.73. The molecule has 0 radical (unpaired) electrons. The minimum Gasteiger partial charge on any atom is -0.478 e. The Labute approximate surface area is 162 Å². The summed E-state index contributed by atoms with van der Waals surface area (Å²) in [6, 6.07) is 21.3. The molecule has 6 heteroatoms. The van der Waals surface area contributed by atoms with E-state index in [1.54, 1.807) is 36.4 Å². The molecule has 0 atom stereocenters. The van der Waals surface area contributed by atoms with E-state index in [1.165, 1.54) is 0 Å². The van der Waals surface area contributed by atoms with Crippen LogP contribution in [0, 0.1) is 0 Å². The monoisotopic (exact) mass is 376 g/mol. The molecule has 0 saturated carbocycles. The molecule has 0 aromatic heterocycles. The second-order valence-electron chi connectivity index (χ2n) is 6.30. The molecule has 3 rings (SSSR count). The Morgan fingerprint density at radius 2 is 1.07 bits per heavy atom. The molecule has 4 N–H and O–H groups in total. The van der Waals surface area contributed by atoms with Crippen molar-refractivity contribution < 1.29 is 19.8 Å². The number of carboxylic acid groups (broad SMARTS) is 2. The van der Waals surface area contributed by atoms with Gasteiger partial charge in [-0.3, -0.25) is 0 Å². The van der Waals surface area contributed by atoms with E-state index in [-0.39, 0.29) is 11.1 Å². The molecule has 0 heterocycles. The Morgan fingerprint density at radius 3 is 1.50 bits per heavy atom. The lowest BCUT2D eigenvalue weighted by atomic mass is 10.1. The van der Waals surface area contributed by atoms with E-state index in [0.717, 1.165) is 22.5 Å². The number of nitrogens with one attached hydrogen (secondary N) is 2. The van der Waals surface area contributed by atoms with Crippen LogP contribution in [0.4, 0.5) is 11.4 Å². The average Bonchev–Trinajstić information content (AvgIpc) is 2.71. The van der Waals surface area contributed by atoms with Crippen molar-refractivity contribution in [2.45, 2.75) is 13.1 Å². The zero-order chi connectivity index (χ0) is 19.9. The van der Waals surface area contributed by atoms with Gasteiger partial charge in [0.1, 0.15) is 0 Å². The lowest BCUT2D eigenvalue weighted by Crippen LogP contribution is -2.04. The first-order valence-electron chi connectivity index (χ1n) is 8.73. The summed E-state index contributed by atoms with van der Waals surface area (Å²) >= 11 is 0. The molecule has 0 aliphatic rings. The third-order valence-corrected chi connectivity index (χ3v) is 4.20. The highest BCUT2D eigenvalue weighted by Crippen LogP contribution is 2.15. The molecule has 0 aliphatic heterocycles. The molecule has 142 valence electrons. The second kappa shape index (κ2) is 8.73. The normalized spacial score (nSPS) is 10.3. The van der Waals surface area contributed by atoms with E-state index < -0.39 is 11.9 Å². The number of carboxylic acids is 2. The average molecular weight is 376 g/mol. The number of anilines is 2. The van der Waals surface area contributed by atoms with Crippen molar-refractivity contribution in [3.05, 3.63) is 95.1 Å². The van der Waals surface area contributed by atoms with Gasteiger partial charge in [-0.25, -0.2) is 9.59 Å². The van der Waals surface area contributed by atoms with Crippen molar-refractivity contribution in [3.8, 4) is 0 Å². The molecule has 0 saturated heterocycles. The highest BCUT2D eigenvalue weighted by molar-refractivity contribution is 5.89. The predicted octanol–water partition coefficient (Wildman–Crippen LogP) is 4.31. The Morgan fingerprint density at radius 1 is 0.643 bits per heavy atom. The van der Waals surface area contributed by atoms with Crippen molar-refractivity contribution in [3.63, 3.8) is 0 Å². The number of benzene rings is 3. The smallest absolute Gasteiger partial charge is 0.335 e. The van der Waals surface area contributed by atoms with Crippen molar-refractivity contribution in [2.24, 2.45) is 0 Å². The fraction of sp³-hybridized carbons (Fsp3) is 0.0909. The van der Waals surface area contributed by atoms with Gasteiger partial charge in [-0.15, -0.1) is 0 Å². The molecule has 0 spiro atoms. The van der Waals surface area contributed by atoms with Gasteiger partial charge in [-0.05, 0) is 47.5 Å². The van der Waals surface area contributed by atoms with Crippen LogP contribution in [-0.4, -0.2) is 22.2 Å². The molecular weight excluding hydrogens is 356 g/mol. The summed E-state index contributed by atoms with van der Waals surface area (Å²) in [7, 11) is 0. The van der Waals surface area contributed by atoms with Gasteiger partial charge in [0.2, 0.25) is 0 Å². The minimum absolute atomic E-state index is 0.242. The second-order valence-corrected chi connectivity index (χ2v) is 6.30. The van der Waals surface area contributed by atoms with E-state index in [1.807, 2.05) is 36.4 Å². The molecule has 0 aliphatic carbocycles. The maximum Gasteiger partial charge on any atom is 0.335 e. The van der Waals surface area contributed by atoms with E-state index >= 15 is 0 Å². The third kappa shape index (κ3) is 5.11. The summed E-state index contributed by atoms with van der Waals surface area (Å²) in [6.07, 6.45) is 0. The van der Waals surface area contributed by atoms with Crippen molar-refractivity contribution in [1.82, 2.24) is 0 Å². The predicted molar refractivity (Wildman–Crippen MR) is 108 cm³/mol. The topological polar surface area (TPSA) is 98.7 Å². The number of rotatable bonds is 8. The van der Waals surface area contributed by atoms with Crippen LogP contribution in [0.5, 0.6) is 0 Å². The van der Waals surface area contributed by atoms with Crippen LogP contribution >= 0.6 is 0 Å². The number of hydrogen-bond acceptors (Lipinski definition) is 4. The van der Waals surface area contributed by atoms with Crippen LogP contribution < -0.4 is 10.6 Å². The molecule has 3 aromatic rings. The van der Waals surface area contributed by atoms with Gasteiger partial charge < -0.3 is 20.8 Å². The van der Waals surface area contributed by atoms with Gasteiger partial charge >= 0.3 is 11.9 Å². The van der Waals surface area contributed by atoms with Gasteiger partial charge in [-0.2, -0.15) is 0 Å². The van der Waals surface area contributed by atoms with Gasteiger partial charge in [0.25, 0.3) is 0 Å². The molecule has 6 nitrogen and oxygen atoms in total. The van der Waals surface area contributed by atoms with Gasteiger partial charge in [0, 0.05) is 24.5 Å². The number of aromatic carboxylic acids is 2. The number of carbonyl (C=O) groups is 2. The summed E-state index contributed by atoms with van der Waals surface area (Å²) in [4.78, 5) is 22.1. The maximum absolute atomic E-state index is 11.1. The summed E-state index contributed by atoms with van der Waals surface area (Å²) in [6.45, 7) is 1.12. The molecule has 28 heavy (non-hydrogen) atoms. The quantitative estimate of drug-likeness (QED) is 0.468. The summed E-state index contributed by atoms with van der Waals surface area (Å²) < 4.78 is 0. The Balaban J connectivity index is 1.61. The standard InChI is InChI=1S/C22H20N2O4/c25-21(26)17-6-2-8-19(11-17)23-13-15-4-1-5-16(10-15)14-24-20-9-3-7-18(12-20)22(27)28/h1-12,23-24H,13-14H2,(H,25,26)(H,27,28). The van der Waals surface area contributed by atoms with Gasteiger partial charge in [0.15, 0.2) is 0 Å². The van der Waals surface area contributed by atoms with Crippen molar-refractivity contribution >= 4 is 23.3 Å². The first kappa shape index (κ1) is 19.0. The van der Waals surface area contributed by atoms with E-state index in [4.69, 9.17) is 10.2 Å². The Kier molecular flexibility index (Phi) is 5.91. The van der Waals surface area contributed by atoms with Crippen LogP contribution in [-0.2, 0) is 13.1 Å². The van der Waals surface area contributed by atoms with Crippen LogP contribution in [0.3, 0.4) is 0 Å². The molecule has 3 aromatic carbocycles. The zero-order valence-electron chi connectivity index (χ0n) is 15.1. The lowest BCUT2D eigenvalue weighted by molar-refractivity contribution is 0.0686. The Hall–Kier alpha value is -3.80. The van der Waals surface area contributed by atoms with Crippen LogP contribution in [0.1, 0.15) is 31.8 Å². The molecule has 0 bridgehead atoms. The fourth-order valence-electron chi connectivity index (χ4n) is 2.78.